The van der Waals surface area contributed by atoms with E-state index in [1.54, 1.807) is 30.3 Å². The van der Waals surface area contributed by atoms with Gasteiger partial charge in [-0.05, 0) is 48.4 Å². The van der Waals surface area contributed by atoms with Crippen LogP contribution in [0.5, 0.6) is 11.5 Å². The highest BCUT2D eigenvalue weighted by molar-refractivity contribution is 7.90. The van der Waals surface area contributed by atoms with E-state index in [-0.39, 0.29) is 40.2 Å². The summed E-state index contributed by atoms with van der Waals surface area (Å²) < 4.78 is 64.5. The van der Waals surface area contributed by atoms with Gasteiger partial charge in [0.05, 0.1) is 12.0 Å². The van der Waals surface area contributed by atoms with Gasteiger partial charge in [0.25, 0.3) is 5.91 Å². The number of carbonyl (C=O) groups excluding carboxylic acids is 1. The average molecular weight is 465 g/mol. The van der Waals surface area contributed by atoms with Gasteiger partial charge in [0.1, 0.15) is 11.5 Å². The van der Waals surface area contributed by atoms with Gasteiger partial charge in [-0.3, -0.25) is 4.79 Å². The fourth-order valence-electron chi connectivity index (χ4n) is 2.94. The smallest absolute Gasteiger partial charge is 0.387 e. The van der Waals surface area contributed by atoms with E-state index in [1.165, 1.54) is 37.4 Å². The molecule has 3 rings (SSSR count). The quantitative estimate of drug-likeness (QED) is 0.489. The number of benzene rings is 2. The van der Waals surface area contributed by atoms with Crippen LogP contribution in [0.15, 0.2) is 70.0 Å². The Hall–Kier alpha value is -3.40. The van der Waals surface area contributed by atoms with Crippen molar-refractivity contribution in [2.24, 2.45) is 0 Å². The van der Waals surface area contributed by atoms with E-state index in [0.29, 0.717) is 6.42 Å². The number of furan rings is 1. The highest BCUT2D eigenvalue weighted by Gasteiger charge is 2.19. The molecule has 1 heterocycles. The first kappa shape index (κ1) is 23.3. The van der Waals surface area contributed by atoms with Crippen molar-refractivity contribution in [2.45, 2.75) is 23.7 Å². The largest absolute Gasteiger partial charge is 0.493 e. The normalized spacial score (nSPS) is 11.4. The molecule has 0 saturated carbocycles. The molecule has 0 saturated heterocycles. The summed E-state index contributed by atoms with van der Waals surface area (Å²) in [7, 11) is -2.25. The second-order valence-corrected chi connectivity index (χ2v) is 8.70. The average Bonchev–Trinajstić information content (AvgIpc) is 3.22. The first-order valence-electron chi connectivity index (χ1n) is 9.55. The number of amides is 1. The summed E-state index contributed by atoms with van der Waals surface area (Å²) in [5.74, 6) is -0.650. The number of nitrogens with one attached hydrogen (secondary N) is 1. The van der Waals surface area contributed by atoms with Crippen LogP contribution in [0.3, 0.4) is 0 Å². The Bertz CT molecular complexity index is 1160. The minimum absolute atomic E-state index is 0.0125. The first-order chi connectivity index (χ1) is 15.3. The maximum atomic E-state index is 12.4. The zero-order chi connectivity index (χ0) is 23.1. The molecule has 7 nitrogen and oxygen atoms in total. The SMILES string of the molecule is COc1cc(CCNC(=O)c2ccc(CS(=O)(=O)c3ccccc3)o2)ccc1OC(F)F. The van der Waals surface area contributed by atoms with Crippen LogP contribution in [-0.4, -0.2) is 34.6 Å². The molecular weight excluding hydrogens is 444 g/mol. The lowest BCUT2D eigenvalue weighted by atomic mass is 10.1. The molecule has 0 radical (unpaired) electrons. The monoisotopic (exact) mass is 465 g/mol. The second kappa shape index (κ2) is 10.3. The third kappa shape index (κ3) is 6.07. The third-order valence-electron chi connectivity index (χ3n) is 4.46. The van der Waals surface area contributed by atoms with Crippen molar-refractivity contribution < 1.29 is 35.9 Å². The summed E-state index contributed by atoms with van der Waals surface area (Å²) in [4.78, 5) is 12.5. The van der Waals surface area contributed by atoms with Crippen LogP contribution >= 0.6 is 0 Å². The lowest BCUT2D eigenvalue weighted by Crippen LogP contribution is -2.25. The Balaban J connectivity index is 1.56. The van der Waals surface area contributed by atoms with Gasteiger partial charge >= 0.3 is 6.61 Å². The molecule has 10 heteroatoms. The topological polar surface area (TPSA) is 94.8 Å². The maximum absolute atomic E-state index is 12.4. The highest BCUT2D eigenvalue weighted by atomic mass is 32.2. The molecule has 170 valence electrons. The van der Waals surface area contributed by atoms with Gasteiger partial charge in [-0.25, -0.2) is 8.42 Å². The third-order valence-corrected chi connectivity index (χ3v) is 6.12. The molecule has 0 aliphatic carbocycles. The molecule has 1 aromatic heterocycles. The molecule has 0 unspecified atom stereocenters. The van der Waals surface area contributed by atoms with Gasteiger partial charge in [0.2, 0.25) is 0 Å². The van der Waals surface area contributed by atoms with E-state index in [4.69, 9.17) is 9.15 Å². The predicted molar refractivity (Wildman–Crippen MR) is 112 cm³/mol. The summed E-state index contributed by atoms with van der Waals surface area (Å²) in [6.07, 6.45) is 0.396. The summed E-state index contributed by atoms with van der Waals surface area (Å²) in [5.41, 5.74) is 0.734. The van der Waals surface area contributed by atoms with Gasteiger partial charge in [0.15, 0.2) is 27.1 Å². The summed E-state index contributed by atoms with van der Waals surface area (Å²) in [6, 6.07) is 15.3. The zero-order valence-corrected chi connectivity index (χ0v) is 17.9. The predicted octanol–water partition coefficient (Wildman–Crippen LogP) is 3.84. The van der Waals surface area contributed by atoms with Gasteiger partial charge in [-0.15, -0.1) is 0 Å². The van der Waals surface area contributed by atoms with Gasteiger partial charge < -0.3 is 19.2 Å². The number of sulfone groups is 1. The number of carbonyl (C=O) groups is 1. The van der Waals surface area contributed by atoms with Crippen molar-refractivity contribution in [1.29, 1.82) is 0 Å². The van der Waals surface area contributed by atoms with Crippen LogP contribution in [0, 0.1) is 0 Å². The fraction of sp³-hybridized carbons (Fsp3) is 0.227. The number of rotatable bonds is 10. The second-order valence-electron chi connectivity index (χ2n) is 6.71. The Morgan fingerprint density at radius 3 is 2.50 bits per heavy atom. The van der Waals surface area contributed by atoms with Crippen molar-refractivity contribution in [3.05, 3.63) is 77.7 Å². The molecule has 1 amide bonds. The number of ether oxygens (including phenoxy) is 2. The number of hydrogen-bond donors (Lipinski definition) is 1. The molecule has 0 aliphatic rings. The maximum Gasteiger partial charge on any atom is 0.387 e. The standard InChI is InChI=1S/C22H21F2NO6S/c1-29-20-13-15(7-9-18(20)31-22(23)24)11-12-25-21(26)19-10-8-16(30-19)14-32(27,28)17-5-3-2-4-6-17/h2-10,13,22H,11-12,14H2,1H3,(H,25,26). The summed E-state index contributed by atoms with van der Waals surface area (Å²) >= 11 is 0. The molecule has 0 bridgehead atoms. The molecule has 0 fully saturated rings. The van der Waals surface area contributed by atoms with Crippen LogP contribution in [0.1, 0.15) is 21.9 Å². The molecule has 0 aliphatic heterocycles. The molecule has 3 aromatic rings. The lowest BCUT2D eigenvalue weighted by molar-refractivity contribution is -0.0512. The van der Waals surface area contributed by atoms with E-state index >= 15 is 0 Å². The Morgan fingerprint density at radius 2 is 1.81 bits per heavy atom. The lowest BCUT2D eigenvalue weighted by Gasteiger charge is -2.11. The van der Waals surface area contributed by atoms with E-state index < -0.39 is 22.4 Å². The molecule has 2 aromatic carbocycles. The molecule has 0 atom stereocenters. The number of hydrogen-bond acceptors (Lipinski definition) is 6. The summed E-state index contributed by atoms with van der Waals surface area (Å²) in [6.45, 7) is -2.73. The van der Waals surface area contributed by atoms with E-state index in [0.717, 1.165) is 5.56 Å². The number of methoxy groups -OCH3 is 1. The number of alkyl halides is 2. The minimum atomic E-state index is -3.59. The fourth-order valence-corrected chi connectivity index (χ4v) is 4.21. The zero-order valence-electron chi connectivity index (χ0n) is 17.1. The molecular formula is C22H21F2NO6S. The van der Waals surface area contributed by atoms with Crippen LogP contribution in [-0.2, 0) is 22.0 Å². The van der Waals surface area contributed by atoms with Crippen molar-refractivity contribution >= 4 is 15.7 Å². The van der Waals surface area contributed by atoms with Gasteiger partial charge in [-0.2, -0.15) is 8.78 Å². The van der Waals surface area contributed by atoms with Crippen LogP contribution in [0.4, 0.5) is 8.78 Å². The van der Waals surface area contributed by atoms with E-state index in [2.05, 4.69) is 10.1 Å². The summed E-state index contributed by atoms with van der Waals surface area (Å²) in [5, 5.41) is 2.67. The van der Waals surface area contributed by atoms with Crippen LogP contribution in [0.2, 0.25) is 0 Å². The molecule has 32 heavy (non-hydrogen) atoms. The van der Waals surface area contributed by atoms with Gasteiger partial charge in [-0.1, -0.05) is 24.3 Å². The first-order valence-corrected chi connectivity index (χ1v) is 11.2. The minimum Gasteiger partial charge on any atom is -0.493 e. The van der Waals surface area contributed by atoms with Crippen LogP contribution < -0.4 is 14.8 Å². The Morgan fingerprint density at radius 1 is 1.06 bits per heavy atom. The highest BCUT2D eigenvalue weighted by Crippen LogP contribution is 2.29. The van der Waals surface area contributed by atoms with E-state index in [9.17, 15) is 22.0 Å². The Kier molecular flexibility index (Phi) is 7.47. The molecule has 0 spiro atoms. The van der Waals surface area contributed by atoms with E-state index in [1.807, 2.05) is 0 Å². The number of halogens is 2. The molecule has 1 N–H and O–H groups in total. The van der Waals surface area contributed by atoms with Crippen molar-refractivity contribution in [3.63, 3.8) is 0 Å². The van der Waals surface area contributed by atoms with Crippen molar-refractivity contribution in [3.8, 4) is 11.5 Å². The van der Waals surface area contributed by atoms with Crippen molar-refractivity contribution in [1.82, 2.24) is 5.32 Å². The van der Waals surface area contributed by atoms with Crippen molar-refractivity contribution in [2.75, 3.05) is 13.7 Å². The van der Waals surface area contributed by atoms with Crippen LogP contribution in [0.25, 0.3) is 0 Å². The Labute approximate surface area is 183 Å². The van der Waals surface area contributed by atoms with Gasteiger partial charge in [0, 0.05) is 6.54 Å².